The molecule has 0 heterocycles. The average molecular weight is 297 g/mol. The molecule has 5 heteroatoms. The van der Waals surface area contributed by atoms with E-state index in [0.717, 1.165) is 10.6 Å². The molecular formula is C15H23NO3S. The number of likely N-dealkylation sites (N-methyl/N-ethyl adjacent to an activating group) is 1. The number of rotatable bonds is 7. The van der Waals surface area contributed by atoms with Gasteiger partial charge in [-0.25, -0.2) is 0 Å². The third-order valence-corrected chi connectivity index (χ3v) is 4.36. The highest BCUT2D eigenvalue weighted by Crippen LogP contribution is 2.31. The van der Waals surface area contributed by atoms with Crippen molar-refractivity contribution >= 4 is 17.7 Å². The van der Waals surface area contributed by atoms with Crippen LogP contribution in [0.5, 0.6) is 5.75 Å². The molecule has 1 aromatic carbocycles. The highest BCUT2D eigenvalue weighted by molar-refractivity contribution is 8.00. The molecule has 0 fully saturated rings. The second-order valence-electron chi connectivity index (χ2n) is 4.89. The Morgan fingerprint density at radius 2 is 2.15 bits per heavy atom. The van der Waals surface area contributed by atoms with E-state index in [0.29, 0.717) is 6.42 Å². The zero-order valence-corrected chi connectivity index (χ0v) is 13.5. The van der Waals surface area contributed by atoms with E-state index in [4.69, 9.17) is 9.47 Å². The van der Waals surface area contributed by atoms with Crippen molar-refractivity contribution in [2.45, 2.75) is 36.0 Å². The summed E-state index contributed by atoms with van der Waals surface area (Å²) < 4.78 is 10.1. The molecule has 0 aliphatic rings. The van der Waals surface area contributed by atoms with Crippen LogP contribution in [0.4, 0.5) is 0 Å². The molecule has 0 saturated carbocycles. The van der Waals surface area contributed by atoms with Gasteiger partial charge in [0.2, 0.25) is 0 Å². The van der Waals surface area contributed by atoms with Crippen LogP contribution in [0.15, 0.2) is 29.2 Å². The van der Waals surface area contributed by atoms with E-state index in [9.17, 15) is 4.79 Å². The van der Waals surface area contributed by atoms with Gasteiger partial charge in [0, 0.05) is 10.1 Å². The first kappa shape index (κ1) is 16.9. The maximum Gasteiger partial charge on any atom is 0.325 e. The highest BCUT2D eigenvalue weighted by atomic mass is 32.2. The highest BCUT2D eigenvalue weighted by Gasteiger charge is 2.34. The Morgan fingerprint density at radius 3 is 2.70 bits per heavy atom. The van der Waals surface area contributed by atoms with Crippen molar-refractivity contribution in [3.8, 4) is 5.75 Å². The summed E-state index contributed by atoms with van der Waals surface area (Å²) in [5.41, 5.74) is -0.667. The molecule has 2 atom stereocenters. The summed E-state index contributed by atoms with van der Waals surface area (Å²) >= 11 is 1.72. The number of nitrogens with one attached hydrogen (secondary N) is 1. The van der Waals surface area contributed by atoms with Crippen LogP contribution in [0.2, 0.25) is 0 Å². The van der Waals surface area contributed by atoms with Crippen LogP contribution >= 0.6 is 11.8 Å². The van der Waals surface area contributed by atoms with Gasteiger partial charge in [0.1, 0.15) is 11.3 Å². The van der Waals surface area contributed by atoms with E-state index in [2.05, 4.69) is 12.2 Å². The van der Waals surface area contributed by atoms with Gasteiger partial charge in [-0.3, -0.25) is 4.79 Å². The van der Waals surface area contributed by atoms with E-state index in [-0.39, 0.29) is 11.2 Å². The van der Waals surface area contributed by atoms with Crippen LogP contribution in [-0.4, -0.2) is 38.0 Å². The van der Waals surface area contributed by atoms with Crippen LogP contribution in [0.3, 0.4) is 0 Å². The number of carbonyl (C=O) groups excluding carboxylic acids is 1. The Balaban J connectivity index is 2.70. The number of thioether (sulfide) groups is 1. The lowest BCUT2D eigenvalue weighted by atomic mass is 9.96. The molecule has 0 aromatic heterocycles. The molecule has 0 spiro atoms. The first-order valence-electron chi connectivity index (χ1n) is 6.53. The first-order valence-corrected chi connectivity index (χ1v) is 7.41. The van der Waals surface area contributed by atoms with Gasteiger partial charge in [-0.05, 0) is 38.6 Å². The summed E-state index contributed by atoms with van der Waals surface area (Å²) in [4.78, 5) is 13.0. The van der Waals surface area contributed by atoms with E-state index in [1.807, 2.05) is 31.2 Å². The summed E-state index contributed by atoms with van der Waals surface area (Å²) in [6.45, 7) is 3.96. The van der Waals surface area contributed by atoms with Gasteiger partial charge in [0.15, 0.2) is 0 Å². The number of methoxy groups -OCH3 is 2. The first-order chi connectivity index (χ1) is 9.45. The molecule has 0 aliphatic carbocycles. The van der Waals surface area contributed by atoms with Gasteiger partial charge in [-0.2, -0.15) is 0 Å². The number of benzene rings is 1. The maximum atomic E-state index is 11.8. The number of hydrogen-bond donors (Lipinski definition) is 1. The smallest absolute Gasteiger partial charge is 0.325 e. The van der Waals surface area contributed by atoms with Crippen molar-refractivity contribution in [3.63, 3.8) is 0 Å². The Morgan fingerprint density at radius 1 is 1.45 bits per heavy atom. The van der Waals surface area contributed by atoms with Crippen LogP contribution in [0.1, 0.15) is 20.3 Å². The molecule has 4 nitrogen and oxygen atoms in total. The third-order valence-electron chi connectivity index (χ3n) is 3.26. The lowest BCUT2D eigenvalue weighted by Crippen LogP contribution is -2.49. The fourth-order valence-corrected chi connectivity index (χ4v) is 3.26. The fraction of sp³-hybridized carbons (Fsp3) is 0.533. The molecule has 0 saturated heterocycles. The lowest BCUT2D eigenvalue weighted by Gasteiger charge is -2.28. The minimum Gasteiger partial charge on any atom is -0.497 e. The van der Waals surface area contributed by atoms with Gasteiger partial charge in [-0.1, -0.05) is 13.0 Å². The number of hydrogen-bond acceptors (Lipinski definition) is 5. The minimum atomic E-state index is -0.667. The van der Waals surface area contributed by atoms with Gasteiger partial charge in [-0.15, -0.1) is 11.8 Å². The van der Waals surface area contributed by atoms with Crippen LogP contribution in [-0.2, 0) is 9.53 Å². The number of ether oxygens (including phenoxy) is 2. The summed E-state index contributed by atoms with van der Waals surface area (Å²) in [7, 11) is 4.85. The standard InChI is InChI=1S/C15H23NO3S/c1-11(10-15(2,16-3)14(17)19-5)20-13-8-6-7-12(9-13)18-4/h6-9,11,16H,10H2,1-5H3. The molecule has 0 aliphatic heterocycles. The Bertz CT molecular complexity index is 452. The average Bonchev–Trinajstić information content (AvgIpc) is 2.46. The van der Waals surface area contributed by atoms with Gasteiger partial charge in [0.05, 0.1) is 14.2 Å². The zero-order valence-electron chi connectivity index (χ0n) is 12.7. The predicted molar refractivity (Wildman–Crippen MR) is 82.4 cm³/mol. The van der Waals surface area contributed by atoms with Crippen molar-refractivity contribution in [3.05, 3.63) is 24.3 Å². The second-order valence-corrected chi connectivity index (χ2v) is 6.40. The molecular weight excluding hydrogens is 274 g/mol. The van der Waals surface area contributed by atoms with Crippen molar-refractivity contribution in [2.75, 3.05) is 21.3 Å². The molecule has 20 heavy (non-hydrogen) atoms. The van der Waals surface area contributed by atoms with E-state index in [1.54, 1.807) is 25.9 Å². The van der Waals surface area contributed by atoms with E-state index < -0.39 is 5.54 Å². The van der Waals surface area contributed by atoms with Crippen LogP contribution in [0.25, 0.3) is 0 Å². The van der Waals surface area contributed by atoms with Crippen LogP contribution in [0, 0.1) is 0 Å². The lowest BCUT2D eigenvalue weighted by molar-refractivity contribution is -0.147. The van der Waals surface area contributed by atoms with Gasteiger partial charge >= 0.3 is 5.97 Å². The molecule has 1 N–H and O–H groups in total. The Kier molecular flexibility index (Phi) is 6.36. The maximum absolute atomic E-state index is 11.8. The predicted octanol–water partition coefficient (Wildman–Crippen LogP) is 2.72. The van der Waals surface area contributed by atoms with Crippen molar-refractivity contribution < 1.29 is 14.3 Å². The van der Waals surface area contributed by atoms with Crippen molar-refractivity contribution in [1.29, 1.82) is 0 Å². The SMILES string of the molecule is CNC(C)(CC(C)Sc1cccc(OC)c1)C(=O)OC. The second kappa shape index (κ2) is 7.55. The molecule has 1 aromatic rings. The summed E-state index contributed by atoms with van der Waals surface area (Å²) in [6, 6.07) is 7.92. The van der Waals surface area contributed by atoms with E-state index in [1.165, 1.54) is 7.11 Å². The minimum absolute atomic E-state index is 0.238. The zero-order chi connectivity index (χ0) is 15.2. The Labute approximate surface area is 125 Å². The molecule has 0 bridgehead atoms. The fourth-order valence-electron chi connectivity index (χ4n) is 2.04. The topological polar surface area (TPSA) is 47.6 Å². The monoisotopic (exact) mass is 297 g/mol. The van der Waals surface area contributed by atoms with Gasteiger partial charge in [0.25, 0.3) is 0 Å². The summed E-state index contributed by atoms with van der Waals surface area (Å²) in [6.07, 6.45) is 0.679. The van der Waals surface area contributed by atoms with Crippen molar-refractivity contribution in [1.82, 2.24) is 5.32 Å². The third kappa shape index (κ3) is 4.42. The molecule has 0 radical (unpaired) electrons. The largest absolute Gasteiger partial charge is 0.497 e. The quantitative estimate of drug-likeness (QED) is 0.619. The molecule has 0 amide bonds. The Hall–Kier alpha value is -1.20. The van der Waals surface area contributed by atoms with Gasteiger partial charge < -0.3 is 14.8 Å². The number of carbonyl (C=O) groups is 1. The van der Waals surface area contributed by atoms with Crippen molar-refractivity contribution in [2.24, 2.45) is 0 Å². The molecule has 112 valence electrons. The summed E-state index contributed by atoms with van der Waals surface area (Å²) in [5, 5.41) is 3.32. The molecule has 1 rings (SSSR count). The normalized spacial score (nSPS) is 15.2. The number of esters is 1. The van der Waals surface area contributed by atoms with E-state index >= 15 is 0 Å². The molecule has 2 unspecified atom stereocenters. The van der Waals surface area contributed by atoms with Crippen LogP contribution < -0.4 is 10.1 Å². The summed E-state index contributed by atoms with van der Waals surface area (Å²) in [5.74, 6) is 0.602.